The van der Waals surface area contributed by atoms with Crippen molar-refractivity contribution in [2.45, 2.75) is 52.6 Å². The molecular weight excluding hydrogens is 389 g/mol. The smallest absolute Gasteiger partial charge is 0.235 e. The summed E-state index contributed by atoms with van der Waals surface area (Å²) < 4.78 is 6.21. The van der Waals surface area contributed by atoms with Crippen LogP contribution in [-0.4, -0.2) is 36.0 Å². The van der Waals surface area contributed by atoms with Gasteiger partial charge in [0.2, 0.25) is 5.91 Å². The number of amides is 1. The second-order valence-corrected chi connectivity index (χ2v) is 7.67. The molecule has 5 heteroatoms. The summed E-state index contributed by atoms with van der Waals surface area (Å²) in [6.07, 6.45) is 3.40. The zero-order valence-corrected chi connectivity index (χ0v) is 18.6. The minimum absolute atomic E-state index is 0. The van der Waals surface area contributed by atoms with Crippen molar-refractivity contribution in [1.82, 2.24) is 4.90 Å². The molecule has 25 heavy (non-hydrogen) atoms. The average Bonchev–Trinajstić information content (AvgIpc) is 2.44. The summed E-state index contributed by atoms with van der Waals surface area (Å²) in [4.78, 5) is 16.7. The third-order valence-electron chi connectivity index (χ3n) is 4.43. The number of benzene rings is 1. The van der Waals surface area contributed by atoms with Crippen LogP contribution >= 0.6 is 0 Å². The Hall–Kier alpha value is -0.866. The van der Waals surface area contributed by atoms with Gasteiger partial charge >= 0.3 is 0 Å². The Morgan fingerprint density at radius 1 is 1.20 bits per heavy atom. The van der Waals surface area contributed by atoms with E-state index < -0.39 is 0 Å². The molecule has 2 aliphatic rings. The monoisotopic (exact) mass is 416 g/mol. The van der Waals surface area contributed by atoms with Crippen LogP contribution in [0.4, 0.5) is 5.69 Å². The van der Waals surface area contributed by atoms with Gasteiger partial charge in [-0.3, -0.25) is 4.79 Å². The van der Waals surface area contributed by atoms with Crippen LogP contribution in [0.25, 0.3) is 0 Å². The number of rotatable bonds is 3. The first-order chi connectivity index (χ1) is 11.3. The Kier molecular flexibility index (Phi) is 6.72. The second kappa shape index (κ2) is 8.22. The maximum Gasteiger partial charge on any atom is 0.235 e. The topological polar surface area (TPSA) is 32.8 Å². The van der Waals surface area contributed by atoms with Crippen molar-refractivity contribution in [2.75, 3.05) is 24.5 Å². The minimum Gasteiger partial charge on any atom is -0.473 e. The third-order valence-corrected chi connectivity index (χ3v) is 4.43. The number of carbonyl (C=O) groups excluding carboxylic acids is 1. The molecule has 1 aromatic carbocycles. The van der Waals surface area contributed by atoms with E-state index in [0.717, 1.165) is 36.5 Å². The van der Waals surface area contributed by atoms with Crippen LogP contribution in [0.1, 0.15) is 45.6 Å². The number of piperazine rings is 1. The molecule has 1 radical (unpaired) electrons. The zero-order chi connectivity index (χ0) is 17.3. The summed E-state index contributed by atoms with van der Waals surface area (Å²) >= 11 is 0. The Morgan fingerprint density at radius 2 is 1.92 bits per heavy atom. The second-order valence-electron chi connectivity index (χ2n) is 7.67. The number of ether oxygens (including phenoxy) is 1. The molecule has 2 fully saturated rings. The van der Waals surface area contributed by atoms with Crippen LogP contribution in [0, 0.1) is 13.0 Å². The molecular formula is C20H27N2O2Y-. The number of hydrogen-bond acceptors (Lipinski definition) is 3. The molecule has 0 spiro atoms. The summed E-state index contributed by atoms with van der Waals surface area (Å²) in [6.45, 7) is 10.0. The molecule has 1 saturated carbocycles. The molecule has 133 valence electrons. The largest absolute Gasteiger partial charge is 0.473 e. The zero-order valence-electron chi connectivity index (χ0n) is 15.8. The first kappa shape index (κ1) is 20.4. The summed E-state index contributed by atoms with van der Waals surface area (Å²) in [6, 6.07) is 9.08. The standard InChI is InChI=1S/C20H27N2O2.Y/c1-15-8-10-17(11-9-15)22-13-12-21(14-18(22)23)19(16-6-5-7-16)24-20(2,3)4;/h8,10-11H,5-7,12-14H2,1-4H3;/q-1;. The first-order valence-corrected chi connectivity index (χ1v) is 8.78. The van der Waals surface area contributed by atoms with E-state index in [0.29, 0.717) is 13.1 Å². The molecule has 1 saturated heterocycles. The molecule has 0 N–H and O–H groups in total. The molecule has 4 nitrogen and oxygen atoms in total. The molecule has 1 amide bonds. The number of allylic oxidation sites excluding steroid dienone is 1. The van der Waals surface area contributed by atoms with Gasteiger partial charge in [-0.25, -0.2) is 0 Å². The third kappa shape index (κ3) is 5.07. The summed E-state index contributed by atoms with van der Waals surface area (Å²) in [5, 5.41) is 0. The van der Waals surface area contributed by atoms with Gasteiger partial charge in [0.25, 0.3) is 0 Å². The number of nitrogens with zero attached hydrogens (tertiary/aromatic N) is 2. The van der Waals surface area contributed by atoms with Crippen molar-refractivity contribution in [3.8, 4) is 0 Å². The summed E-state index contributed by atoms with van der Waals surface area (Å²) in [5.74, 6) is 1.06. The fourth-order valence-corrected chi connectivity index (χ4v) is 3.00. The quantitative estimate of drug-likeness (QED) is 0.557. The van der Waals surface area contributed by atoms with Crippen LogP contribution in [-0.2, 0) is 42.2 Å². The van der Waals surface area contributed by atoms with Gasteiger partial charge in [-0.05, 0) is 45.6 Å². The molecule has 0 aromatic heterocycles. The SMILES string of the molecule is Cc1[c-]cc(N2CCN(C(OC(C)(C)C)=C3CCC3)CC2=O)cc1.[Y]. The number of aryl methyl sites for hydroxylation is 1. The van der Waals surface area contributed by atoms with E-state index in [4.69, 9.17) is 4.74 Å². The van der Waals surface area contributed by atoms with E-state index in [9.17, 15) is 4.79 Å². The van der Waals surface area contributed by atoms with Crippen molar-refractivity contribution < 1.29 is 42.2 Å². The van der Waals surface area contributed by atoms with Crippen LogP contribution in [0.2, 0.25) is 0 Å². The molecule has 1 heterocycles. The van der Waals surface area contributed by atoms with E-state index in [2.05, 4.69) is 31.7 Å². The van der Waals surface area contributed by atoms with Crippen LogP contribution in [0.5, 0.6) is 0 Å². The maximum absolute atomic E-state index is 12.7. The van der Waals surface area contributed by atoms with Crippen LogP contribution in [0.3, 0.4) is 0 Å². The van der Waals surface area contributed by atoms with Crippen molar-refractivity contribution in [1.29, 1.82) is 0 Å². The van der Waals surface area contributed by atoms with Gasteiger partial charge in [0, 0.05) is 45.8 Å². The van der Waals surface area contributed by atoms with E-state index in [1.54, 1.807) is 0 Å². The van der Waals surface area contributed by atoms with Crippen LogP contribution < -0.4 is 4.90 Å². The van der Waals surface area contributed by atoms with E-state index >= 15 is 0 Å². The number of carbonyl (C=O) groups is 1. The molecule has 3 rings (SSSR count). The summed E-state index contributed by atoms with van der Waals surface area (Å²) in [7, 11) is 0. The fourth-order valence-electron chi connectivity index (χ4n) is 3.00. The van der Waals surface area contributed by atoms with Crippen LogP contribution in [0.15, 0.2) is 29.7 Å². The van der Waals surface area contributed by atoms with Crippen molar-refractivity contribution in [3.05, 3.63) is 41.3 Å². The minimum atomic E-state index is -0.246. The predicted molar refractivity (Wildman–Crippen MR) is 95.7 cm³/mol. The fraction of sp³-hybridized carbons (Fsp3) is 0.550. The normalized spacial score (nSPS) is 17.8. The Balaban J connectivity index is 0.00000225. The summed E-state index contributed by atoms with van der Waals surface area (Å²) in [5.41, 5.74) is 3.12. The Bertz CT molecular complexity index is 641. The average molecular weight is 416 g/mol. The van der Waals surface area contributed by atoms with Gasteiger partial charge in [0.15, 0.2) is 5.88 Å². The van der Waals surface area contributed by atoms with Crippen molar-refractivity contribution in [2.24, 2.45) is 0 Å². The van der Waals surface area contributed by atoms with Gasteiger partial charge in [-0.1, -0.05) is 12.6 Å². The molecule has 1 aliphatic heterocycles. The van der Waals surface area contributed by atoms with Gasteiger partial charge in [0.1, 0.15) is 5.60 Å². The Labute approximate surface area is 176 Å². The molecule has 1 aliphatic carbocycles. The van der Waals surface area contributed by atoms with Crippen molar-refractivity contribution in [3.63, 3.8) is 0 Å². The van der Waals surface area contributed by atoms with E-state index in [1.807, 2.05) is 30.0 Å². The molecule has 0 atom stereocenters. The van der Waals surface area contributed by atoms with Gasteiger partial charge < -0.3 is 14.5 Å². The predicted octanol–water partition coefficient (Wildman–Crippen LogP) is 3.65. The van der Waals surface area contributed by atoms with E-state index in [1.165, 1.54) is 12.0 Å². The first-order valence-electron chi connectivity index (χ1n) is 8.78. The van der Waals surface area contributed by atoms with Gasteiger partial charge in [-0.2, -0.15) is 23.8 Å². The molecule has 1 aromatic rings. The van der Waals surface area contributed by atoms with E-state index in [-0.39, 0.29) is 44.2 Å². The molecule has 0 bridgehead atoms. The number of anilines is 1. The molecule has 0 unspecified atom stereocenters. The Morgan fingerprint density at radius 3 is 2.40 bits per heavy atom. The number of hydrogen-bond donors (Lipinski definition) is 0. The van der Waals surface area contributed by atoms with Gasteiger partial charge in [-0.15, -0.1) is 6.07 Å². The van der Waals surface area contributed by atoms with Gasteiger partial charge in [0.05, 0.1) is 6.54 Å². The maximum atomic E-state index is 12.7. The van der Waals surface area contributed by atoms with Crippen molar-refractivity contribution >= 4 is 11.6 Å².